The molecule has 2 unspecified atom stereocenters. The number of aryl methyl sites for hydroxylation is 1. The Labute approximate surface area is 221 Å². The molecule has 6 rings (SSSR count). The second-order valence-electron chi connectivity index (χ2n) is 10.5. The van der Waals surface area contributed by atoms with Crippen LogP contribution in [0.1, 0.15) is 45.5 Å². The highest BCUT2D eigenvalue weighted by Crippen LogP contribution is 2.58. The predicted octanol–water partition coefficient (Wildman–Crippen LogP) is 2.49. The molecule has 0 saturated carbocycles. The van der Waals surface area contributed by atoms with E-state index in [2.05, 4.69) is 21.9 Å². The normalized spacial score (nSPS) is 27.2. The summed E-state index contributed by atoms with van der Waals surface area (Å²) in [7, 11) is 5.25. The van der Waals surface area contributed by atoms with E-state index in [4.69, 9.17) is 23.7 Å². The predicted molar refractivity (Wildman–Crippen MR) is 136 cm³/mol. The number of aromatic hydroxyl groups is 1. The van der Waals surface area contributed by atoms with E-state index in [1.54, 1.807) is 14.2 Å². The fourth-order valence-corrected chi connectivity index (χ4v) is 7.26. The Hall–Kier alpha value is -3.23. The number of phenolic OH excluding ortho intramolecular Hbond substituents is 1. The third kappa shape index (κ3) is 3.26. The summed E-state index contributed by atoms with van der Waals surface area (Å²) < 4.78 is 28.8. The maximum absolute atomic E-state index is 11.3. The van der Waals surface area contributed by atoms with Crippen molar-refractivity contribution in [2.75, 3.05) is 41.5 Å². The maximum Gasteiger partial charge on any atom is 0.231 e. The maximum atomic E-state index is 11.3. The molecule has 38 heavy (non-hydrogen) atoms. The zero-order valence-electron chi connectivity index (χ0n) is 22.3. The number of hydrogen-bond acceptors (Lipinski definition) is 10. The van der Waals surface area contributed by atoms with E-state index in [0.29, 0.717) is 47.0 Å². The number of phenols is 1. The first-order valence-electron chi connectivity index (χ1n) is 12.8. The second-order valence-corrected chi connectivity index (χ2v) is 10.5. The molecule has 1 fully saturated rings. The van der Waals surface area contributed by atoms with Crippen LogP contribution in [0.4, 0.5) is 0 Å². The minimum absolute atomic E-state index is 0.0516. The van der Waals surface area contributed by atoms with Crippen molar-refractivity contribution in [1.29, 1.82) is 5.26 Å². The number of ether oxygens (including phenoxy) is 5. The number of likely N-dealkylation sites (N-methyl/N-ethyl adjacent to an activating group) is 1. The van der Waals surface area contributed by atoms with E-state index < -0.39 is 12.1 Å². The SMILES string of the molecule is COCOc1c(OC)c(C)cc2c1C1[C@@H]3Cc4c(O)c(C)c5c(c4[C@H](CO)N3[C@@H](C#N)C(C2)N1C)OCO5. The van der Waals surface area contributed by atoms with Gasteiger partial charge in [0.05, 0.1) is 31.9 Å². The van der Waals surface area contributed by atoms with Crippen molar-refractivity contribution in [2.45, 2.75) is 56.9 Å². The smallest absolute Gasteiger partial charge is 0.231 e. The van der Waals surface area contributed by atoms with Gasteiger partial charge in [0, 0.05) is 41.4 Å². The van der Waals surface area contributed by atoms with Crippen molar-refractivity contribution < 1.29 is 33.9 Å². The minimum Gasteiger partial charge on any atom is -0.507 e. The molecule has 202 valence electrons. The van der Waals surface area contributed by atoms with Gasteiger partial charge >= 0.3 is 0 Å². The van der Waals surface area contributed by atoms with Crippen molar-refractivity contribution in [3.63, 3.8) is 0 Å². The summed E-state index contributed by atoms with van der Waals surface area (Å²) in [4.78, 5) is 4.38. The molecule has 4 aliphatic heterocycles. The monoisotopic (exact) mass is 523 g/mol. The molecule has 0 amide bonds. The van der Waals surface area contributed by atoms with Crippen LogP contribution in [-0.2, 0) is 17.6 Å². The van der Waals surface area contributed by atoms with Crippen LogP contribution in [0.2, 0.25) is 0 Å². The lowest BCUT2D eigenvalue weighted by Gasteiger charge is -2.59. The lowest BCUT2D eigenvalue weighted by Crippen LogP contribution is -2.68. The number of fused-ring (bicyclic) bond motifs is 9. The third-order valence-corrected chi connectivity index (χ3v) is 8.77. The molecule has 0 aliphatic carbocycles. The molecular formula is C28H33N3O7. The first-order valence-corrected chi connectivity index (χ1v) is 12.8. The molecule has 10 heteroatoms. The number of aliphatic hydroxyl groups excluding tert-OH is 1. The van der Waals surface area contributed by atoms with Crippen molar-refractivity contribution in [2.24, 2.45) is 0 Å². The molecule has 2 aromatic rings. The number of aliphatic hydroxyl groups is 1. The second kappa shape index (κ2) is 9.20. The molecule has 1 saturated heterocycles. The molecule has 5 atom stereocenters. The average Bonchev–Trinajstić information content (AvgIpc) is 3.40. The Morgan fingerprint density at radius 1 is 1.11 bits per heavy atom. The highest BCUT2D eigenvalue weighted by atomic mass is 16.7. The van der Waals surface area contributed by atoms with Crippen LogP contribution in [0, 0.1) is 25.2 Å². The highest BCUT2D eigenvalue weighted by Gasteiger charge is 2.56. The van der Waals surface area contributed by atoms with Crippen LogP contribution >= 0.6 is 0 Å². The van der Waals surface area contributed by atoms with Gasteiger partial charge in [0.1, 0.15) is 11.8 Å². The molecule has 2 bridgehead atoms. The van der Waals surface area contributed by atoms with Crippen molar-refractivity contribution in [1.82, 2.24) is 9.80 Å². The van der Waals surface area contributed by atoms with Gasteiger partial charge in [-0.05, 0) is 44.9 Å². The van der Waals surface area contributed by atoms with Gasteiger partial charge < -0.3 is 33.9 Å². The van der Waals surface area contributed by atoms with Crippen LogP contribution in [0.25, 0.3) is 0 Å². The zero-order chi connectivity index (χ0) is 26.9. The van der Waals surface area contributed by atoms with Gasteiger partial charge in [0.25, 0.3) is 0 Å². The lowest BCUT2D eigenvalue weighted by molar-refractivity contribution is -0.0832. The molecule has 4 heterocycles. The number of hydrogen-bond donors (Lipinski definition) is 2. The number of nitriles is 1. The summed E-state index contributed by atoms with van der Waals surface area (Å²) >= 11 is 0. The summed E-state index contributed by atoms with van der Waals surface area (Å²) in [6.45, 7) is 3.68. The van der Waals surface area contributed by atoms with Gasteiger partial charge in [0.2, 0.25) is 6.79 Å². The van der Waals surface area contributed by atoms with E-state index in [-0.39, 0.29) is 44.1 Å². The number of piperazine rings is 1. The molecule has 2 aromatic carbocycles. The Morgan fingerprint density at radius 2 is 1.87 bits per heavy atom. The van der Waals surface area contributed by atoms with Gasteiger partial charge in [-0.25, -0.2) is 0 Å². The quantitative estimate of drug-likeness (QED) is 0.566. The van der Waals surface area contributed by atoms with Crippen LogP contribution in [0.3, 0.4) is 0 Å². The molecule has 0 aromatic heterocycles. The highest BCUT2D eigenvalue weighted by molar-refractivity contribution is 5.66. The Morgan fingerprint density at radius 3 is 2.55 bits per heavy atom. The topological polar surface area (TPSA) is 117 Å². The van der Waals surface area contributed by atoms with E-state index in [9.17, 15) is 15.5 Å². The summed E-state index contributed by atoms with van der Waals surface area (Å²) in [6, 6.07) is 3.09. The fourth-order valence-electron chi connectivity index (χ4n) is 7.26. The molecule has 4 aliphatic rings. The van der Waals surface area contributed by atoms with Crippen molar-refractivity contribution in [3.8, 4) is 34.8 Å². The summed E-state index contributed by atoms with van der Waals surface area (Å²) in [5, 5.41) is 32.6. The van der Waals surface area contributed by atoms with Gasteiger partial charge in [-0.3, -0.25) is 9.80 Å². The lowest BCUT2D eigenvalue weighted by atomic mass is 9.71. The summed E-state index contributed by atoms with van der Waals surface area (Å²) in [6.07, 6.45) is 1.09. The van der Waals surface area contributed by atoms with Crippen molar-refractivity contribution >= 4 is 0 Å². The average molecular weight is 524 g/mol. The van der Waals surface area contributed by atoms with Crippen LogP contribution in [0.5, 0.6) is 28.7 Å². The standard InChI is InChI=1S/C28H33N3O7/c1-13-6-15-7-17-19(9-29)31-18(23(30(17)3)21(15)27(25(13)35-5)36-11-34-4)8-16-22(20(31)10-32)28-26(37-12-38-28)14(2)24(16)33/h6,17-20,23,32-33H,7-8,10-12H2,1-5H3/t17?,18-,19-,20-,23?/m0/s1. The Balaban J connectivity index is 1.60. The van der Waals surface area contributed by atoms with Crippen molar-refractivity contribution in [3.05, 3.63) is 39.4 Å². The van der Waals surface area contributed by atoms with Gasteiger partial charge in [-0.1, -0.05) is 6.07 Å². The van der Waals surface area contributed by atoms with Gasteiger partial charge in [0.15, 0.2) is 29.8 Å². The van der Waals surface area contributed by atoms with E-state index in [1.807, 2.05) is 20.9 Å². The van der Waals surface area contributed by atoms with Gasteiger partial charge in [-0.15, -0.1) is 0 Å². The first kappa shape index (κ1) is 25.1. The minimum atomic E-state index is -0.550. The molecule has 0 spiro atoms. The zero-order valence-corrected chi connectivity index (χ0v) is 22.3. The Kier molecular flexibility index (Phi) is 6.07. The number of nitrogens with zero attached hydrogens (tertiary/aromatic N) is 3. The fraction of sp³-hybridized carbons (Fsp3) is 0.536. The summed E-state index contributed by atoms with van der Waals surface area (Å²) in [5.41, 5.74) is 5.10. The van der Waals surface area contributed by atoms with E-state index in [1.165, 1.54) is 0 Å². The van der Waals surface area contributed by atoms with E-state index >= 15 is 0 Å². The van der Waals surface area contributed by atoms with Crippen LogP contribution in [-0.4, -0.2) is 79.6 Å². The molecule has 10 nitrogen and oxygen atoms in total. The largest absolute Gasteiger partial charge is 0.507 e. The number of rotatable bonds is 5. The first-order chi connectivity index (χ1) is 18.4. The molecular weight excluding hydrogens is 490 g/mol. The number of methoxy groups -OCH3 is 2. The molecule has 2 N–H and O–H groups in total. The van der Waals surface area contributed by atoms with Crippen LogP contribution < -0.4 is 18.9 Å². The summed E-state index contributed by atoms with van der Waals surface area (Å²) in [5.74, 6) is 2.48. The molecule has 0 radical (unpaired) electrons. The number of benzene rings is 2. The Bertz CT molecular complexity index is 1340. The van der Waals surface area contributed by atoms with Gasteiger partial charge in [-0.2, -0.15) is 5.26 Å². The third-order valence-electron chi connectivity index (χ3n) is 8.77. The van der Waals surface area contributed by atoms with Crippen LogP contribution in [0.15, 0.2) is 6.07 Å². The van der Waals surface area contributed by atoms with E-state index in [0.717, 1.165) is 22.3 Å².